The molecule has 0 aromatic rings. The van der Waals surface area contributed by atoms with Crippen LogP contribution in [0.25, 0.3) is 0 Å². The van der Waals surface area contributed by atoms with Crippen LogP contribution < -0.4 is 0 Å². The molecular formula is C19H27ClO. The average molecular weight is 307 g/mol. The monoisotopic (exact) mass is 306 g/mol. The van der Waals surface area contributed by atoms with Gasteiger partial charge >= 0.3 is 0 Å². The van der Waals surface area contributed by atoms with E-state index in [0.29, 0.717) is 17.1 Å². The first-order valence-electron chi connectivity index (χ1n) is 8.83. The van der Waals surface area contributed by atoms with Gasteiger partial charge in [0, 0.05) is 23.3 Å². The van der Waals surface area contributed by atoms with E-state index in [-0.39, 0.29) is 5.41 Å². The smallest absolute Gasteiger partial charge is 0.133 e. The van der Waals surface area contributed by atoms with E-state index in [0.717, 1.165) is 42.0 Å². The van der Waals surface area contributed by atoms with Crippen LogP contribution in [0.5, 0.6) is 0 Å². The molecule has 6 atom stereocenters. The van der Waals surface area contributed by atoms with Crippen LogP contribution in [0.2, 0.25) is 0 Å². The lowest BCUT2D eigenvalue weighted by molar-refractivity contribution is -0.136. The van der Waals surface area contributed by atoms with E-state index in [1.807, 2.05) is 0 Å². The molecule has 0 unspecified atom stereocenters. The molecule has 4 aliphatic carbocycles. The Kier molecular flexibility index (Phi) is 3.13. The summed E-state index contributed by atoms with van der Waals surface area (Å²) in [5.74, 6) is 3.61. The van der Waals surface area contributed by atoms with Gasteiger partial charge < -0.3 is 0 Å². The van der Waals surface area contributed by atoms with E-state index >= 15 is 0 Å². The summed E-state index contributed by atoms with van der Waals surface area (Å²) in [6, 6.07) is 0. The molecule has 21 heavy (non-hydrogen) atoms. The summed E-state index contributed by atoms with van der Waals surface area (Å²) in [6.45, 7) is 4.91. The van der Waals surface area contributed by atoms with E-state index in [1.54, 1.807) is 0 Å². The van der Waals surface area contributed by atoms with Crippen LogP contribution in [0.15, 0.2) is 11.1 Å². The molecule has 4 rings (SSSR count). The molecule has 3 fully saturated rings. The van der Waals surface area contributed by atoms with Gasteiger partial charge in [-0.1, -0.05) is 31.5 Å². The molecular weight excluding hydrogens is 280 g/mol. The standard InChI is InChI=1S/C19H27ClO/c1-18-9-7-13(21)11-12(18)3-4-14-15-5-6-17(20)19(15,2)10-8-16(14)18/h6,12,14-16H,3-5,7-11H2,1-2H3/t12-,14-,15-,16-,18-,19-/m0/s1. The Hall–Kier alpha value is -0.300. The average Bonchev–Trinajstić information content (AvgIpc) is 2.76. The number of hydrogen-bond donors (Lipinski definition) is 0. The highest BCUT2D eigenvalue weighted by atomic mass is 35.5. The van der Waals surface area contributed by atoms with Crippen molar-refractivity contribution in [3.63, 3.8) is 0 Å². The van der Waals surface area contributed by atoms with Crippen molar-refractivity contribution in [1.29, 1.82) is 0 Å². The maximum Gasteiger partial charge on any atom is 0.133 e. The second kappa shape index (κ2) is 4.60. The van der Waals surface area contributed by atoms with E-state index in [2.05, 4.69) is 19.9 Å². The van der Waals surface area contributed by atoms with Crippen LogP contribution in [0.4, 0.5) is 0 Å². The molecule has 0 saturated heterocycles. The van der Waals surface area contributed by atoms with Crippen molar-refractivity contribution in [3.8, 4) is 0 Å². The molecule has 0 spiro atoms. The Balaban J connectivity index is 1.64. The number of fused-ring (bicyclic) bond motifs is 5. The van der Waals surface area contributed by atoms with Crippen molar-refractivity contribution in [1.82, 2.24) is 0 Å². The molecule has 0 aromatic heterocycles. The van der Waals surface area contributed by atoms with Crippen LogP contribution in [0.3, 0.4) is 0 Å². The van der Waals surface area contributed by atoms with Gasteiger partial charge in [-0.3, -0.25) is 4.79 Å². The second-order valence-electron chi connectivity index (χ2n) is 8.64. The Bertz CT molecular complexity index is 510. The van der Waals surface area contributed by atoms with Crippen molar-refractivity contribution < 1.29 is 4.79 Å². The van der Waals surface area contributed by atoms with Crippen molar-refractivity contribution in [3.05, 3.63) is 11.1 Å². The summed E-state index contributed by atoms with van der Waals surface area (Å²) in [5.41, 5.74) is 0.684. The summed E-state index contributed by atoms with van der Waals surface area (Å²) in [7, 11) is 0. The van der Waals surface area contributed by atoms with Gasteiger partial charge in [0.1, 0.15) is 5.78 Å². The van der Waals surface area contributed by atoms with Gasteiger partial charge in [-0.2, -0.15) is 0 Å². The number of carbonyl (C=O) groups is 1. The molecule has 4 aliphatic rings. The van der Waals surface area contributed by atoms with E-state index in [9.17, 15) is 4.79 Å². The highest BCUT2D eigenvalue weighted by Gasteiger charge is 2.58. The van der Waals surface area contributed by atoms with E-state index in [4.69, 9.17) is 11.6 Å². The highest BCUT2D eigenvalue weighted by Crippen LogP contribution is 2.66. The fourth-order valence-corrected chi connectivity index (χ4v) is 6.88. The van der Waals surface area contributed by atoms with Crippen LogP contribution in [0.1, 0.15) is 65.2 Å². The topological polar surface area (TPSA) is 17.1 Å². The number of ketones is 1. The van der Waals surface area contributed by atoms with Gasteiger partial charge in [0.25, 0.3) is 0 Å². The summed E-state index contributed by atoms with van der Waals surface area (Å²) in [4.78, 5) is 11.9. The Morgan fingerprint density at radius 3 is 2.76 bits per heavy atom. The molecule has 0 heterocycles. The minimum Gasteiger partial charge on any atom is -0.300 e. The molecule has 0 N–H and O–H groups in total. The van der Waals surface area contributed by atoms with Gasteiger partial charge in [0.15, 0.2) is 0 Å². The lowest BCUT2D eigenvalue weighted by Crippen LogP contribution is -2.53. The van der Waals surface area contributed by atoms with Crippen molar-refractivity contribution >= 4 is 17.4 Å². The first-order valence-corrected chi connectivity index (χ1v) is 9.21. The zero-order valence-corrected chi connectivity index (χ0v) is 14.1. The molecule has 0 radical (unpaired) electrons. The van der Waals surface area contributed by atoms with Gasteiger partial charge in [0.05, 0.1) is 0 Å². The van der Waals surface area contributed by atoms with Gasteiger partial charge in [0.2, 0.25) is 0 Å². The molecule has 0 aliphatic heterocycles. The Morgan fingerprint density at radius 2 is 1.95 bits per heavy atom. The van der Waals surface area contributed by atoms with Crippen LogP contribution in [-0.4, -0.2) is 5.78 Å². The maximum absolute atomic E-state index is 11.9. The minimum absolute atomic E-state index is 0.260. The predicted molar refractivity (Wildman–Crippen MR) is 86.1 cm³/mol. The van der Waals surface area contributed by atoms with Gasteiger partial charge in [-0.25, -0.2) is 0 Å². The SMILES string of the molecule is C[C@]12CCC(=O)C[C@@H]1CC[C@@H]1[C@@H]2CC[C@]2(C)C(Cl)=CC[C@@H]12. The largest absolute Gasteiger partial charge is 0.300 e. The predicted octanol–water partition coefficient (Wildman–Crippen LogP) is 5.33. The summed E-state index contributed by atoms with van der Waals surface area (Å²) < 4.78 is 0. The highest BCUT2D eigenvalue weighted by molar-refractivity contribution is 6.30. The third-order valence-corrected chi connectivity index (χ3v) is 8.55. The third kappa shape index (κ3) is 1.85. The number of hydrogen-bond acceptors (Lipinski definition) is 1. The van der Waals surface area contributed by atoms with E-state index < -0.39 is 0 Å². The maximum atomic E-state index is 11.9. The first-order chi connectivity index (χ1) is 9.95. The fraction of sp³-hybridized carbons (Fsp3) is 0.842. The molecule has 116 valence electrons. The lowest BCUT2D eigenvalue weighted by Gasteiger charge is -2.59. The summed E-state index contributed by atoms with van der Waals surface area (Å²) >= 11 is 6.57. The zero-order valence-electron chi connectivity index (χ0n) is 13.3. The summed E-state index contributed by atoms with van der Waals surface area (Å²) in [5, 5.41) is 1.14. The number of halogens is 1. The van der Waals surface area contributed by atoms with Crippen molar-refractivity contribution in [2.45, 2.75) is 65.2 Å². The first kappa shape index (κ1) is 14.3. The van der Waals surface area contributed by atoms with Crippen molar-refractivity contribution in [2.75, 3.05) is 0 Å². The van der Waals surface area contributed by atoms with Crippen LogP contribution >= 0.6 is 11.6 Å². The summed E-state index contributed by atoms with van der Waals surface area (Å²) in [6.07, 6.45) is 11.5. The number of Topliss-reactive ketones (excluding diaryl/α,β-unsaturated/α-hetero) is 1. The molecule has 0 amide bonds. The second-order valence-corrected chi connectivity index (χ2v) is 9.05. The van der Waals surface area contributed by atoms with E-state index in [1.165, 1.54) is 32.1 Å². The van der Waals surface area contributed by atoms with Crippen LogP contribution in [-0.2, 0) is 4.79 Å². The quantitative estimate of drug-likeness (QED) is 0.591. The minimum atomic E-state index is 0.260. The van der Waals surface area contributed by atoms with Gasteiger partial charge in [-0.15, -0.1) is 0 Å². The Morgan fingerprint density at radius 1 is 1.14 bits per heavy atom. The third-order valence-electron chi connectivity index (χ3n) is 7.97. The van der Waals surface area contributed by atoms with Gasteiger partial charge in [-0.05, 0) is 67.6 Å². The Labute approximate surface area is 133 Å². The fourth-order valence-electron chi connectivity index (χ4n) is 6.56. The molecule has 3 saturated carbocycles. The normalized spacial score (nSPS) is 52.7. The number of carbonyl (C=O) groups excluding carboxylic acids is 1. The molecule has 2 heteroatoms. The van der Waals surface area contributed by atoms with Crippen molar-refractivity contribution in [2.24, 2.45) is 34.5 Å². The van der Waals surface area contributed by atoms with Crippen LogP contribution in [0, 0.1) is 34.5 Å². The molecule has 0 bridgehead atoms. The lowest BCUT2D eigenvalue weighted by atomic mass is 9.45. The molecule has 1 nitrogen and oxygen atoms in total. The molecule has 0 aromatic carbocycles. The number of rotatable bonds is 0. The zero-order chi connectivity index (χ0) is 14.8. The number of allylic oxidation sites excluding steroid dienone is 2.